The third kappa shape index (κ3) is 2.78. The van der Waals surface area contributed by atoms with Crippen molar-refractivity contribution in [2.24, 2.45) is 0 Å². The molecule has 0 saturated carbocycles. The number of aromatic nitrogens is 2. The molecule has 1 N–H and O–H groups in total. The zero-order chi connectivity index (χ0) is 13.8. The molecular formula is C15H16N2O2. The highest BCUT2D eigenvalue weighted by atomic mass is 16.4. The van der Waals surface area contributed by atoms with E-state index in [-0.39, 0.29) is 5.56 Å². The summed E-state index contributed by atoms with van der Waals surface area (Å²) in [5.41, 5.74) is 2.90. The first-order valence-corrected chi connectivity index (χ1v) is 6.34. The van der Waals surface area contributed by atoms with E-state index in [0.29, 0.717) is 17.9 Å². The largest absolute Gasteiger partial charge is 0.478 e. The first-order chi connectivity index (χ1) is 9.15. The van der Waals surface area contributed by atoms with Gasteiger partial charge in [0.15, 0.2) is 5.82 Å². The number of aryl methyl sites for hydroxylation is 2. The Morgan fingerprint density at radius 2 is 1.84 bits per heavy atom. The van der Waals surface area contributed by atoms with Crippen LogP contribution in [-0.2, 0) is 12.8 Å². The Hall–Kier alpha value is -2.23. The van der Waals surface area contributed by atoms with Crippen LogP contribution in [0.2, 0.25) is 0 Å². The summed E-state index contributed by atoms with van der Waals surface area (Å²) >= 11 is 0. The van der Waals surface area contributed by atoms with Crippen LogP contribution in [-0.4, -0.2) is 21.0 Å². The summed E-state index contributed by atoms with van der Waals surface area (Å²) in [5.74, 6) is -0.408. The van der Waals surface area contributed by atoms with Gasteiger partial charge < -0.3 is 5.11 Å². The van der Waals surface area contributed by atoms with Crippen LogP contribution in [0, 0.1) is 0 Å². The quantitative estimate of drug-likeness (QED) is 0.913. The van der Waals surface area contributed by atoms with Crippen molar-refractivity contribution in [3.05, 3.63) is 47.3 Å². The first-order valence-electron chi connectivity index (χ1n) is 6.34. The molecule has 4 nitrogen and oxygen atoms in total. The smallest absolute Gasteiger partial charge is 0.339 e. The van der Waals surface area contributed by atoms with E-state index < -0.39 is 5.97 Å². The maximum absolute atomic E-state index is 11.0. The number of benzene rings is 1. The molecule has 0 amide bonds. The molecule has 0 fully saturated rings. The van der Waals surface area contributed by atoms with Gasteiger partial charge in [-0.25, -0.2) is 14.8 Å². The van der Waals surface area contributed by atoms with Crippen molar-refractivity contribution < 1.29 is 9.90 Å². The third-order valence-corrected chi connectivity index (χ3v) is 3.05. The number of carboxylic acids is 1. The van der Waals surface area contributed by atoms with Crippen molar-refractivity contribution in [3.63, 3.8) is 0 Å². The van der Waals surface area contributed by atoms with Crippen molar-refractivity contribution in [3.8, 4) is 11.4 Å². The first kappa shape index (κ1) is 13.2. The van der Waals surface area contributed by atoms with E-state index >= 15 is 0 Å². The van der Waals surface area contributed by atoms with Crippen LogP contribution in [0.1, 0.15) is 35.5 Å². The second-order valence-electron chi connectivity index (χ2n) is 4.26. The van der Waals surface area contributed by atoms with Crippen molar-refractivity contribution in [1.82, 2.24) is 9.97 Å². The molecule has 0 atom stereocenters. The third-order valence-electron chi connectivity index (χ3n) is 3.05. The number of hydrogen-bond donors (Lipinski definition) is 1. The van der Waals surface area contributed by atoms with Crippen LogP contribution in [0.15, 0.2) is 30.5 Å². The summed E-state index contributed by atoms with van der Waals surface area (Å²) in [5, 5.41) is 9.05. The van der Waals surface area contributed by atoms with E-state index in [1.807, 2.05) is 31.2 Å². The molecule has 4 heteroatoms. The molecule has 0 aliphatic heterocycles. The zero-order valence-electron chi connectivity index (χ0n) is 11.1. The van der Waals surface area contributed by atoms with Gasteiger partial charge in [-0.3, -0.25) is 0 Å². The topological polar surface area (TPSA) is 63.1 Å². The Bertz CT molecular complexity index is 592. The molecule has 0 bridgehead atoms. The highest BCUT2D eigenvalue weighted by molar-refractivity contribution is 5.88. The van der Waals surface area contributed by atoms with Gasteiger partial charge in [-0.15, -0.1) is 0 Å². The molecule has 0 aliphatic rings. The van der Waals surface area contributed by atoms with Crippen LogP contribution < -0.4 is 0 Å². The van der Waals surface area contributed by atoms with E-state index in [9.17, 15) is 4.79 Å². The van der Waals surface area contributed by atoms with Gasteiger partial charge in [-0.05, 0) is 18.4 Å². The normalized spacial score (nSPS) is 10.4. The van der Waals surface area contributed by atoms with Gasteiger partial charge >= 0.3 is 5.97 Å². The Morgan fingerprint density at radius 3 is 2.37 bits per heavy atom. The van der Waals surface area contributed by atoms with Gasteiger partial charge in [0.25, 0.3) is 0 Å². The molecule has 1 heterocycles. The maximum Gasteiger partial charge on any atom is 0.339 e. The molecule has 1 aromatic heterocycles. The Morgan fingerprint density at radius 1 is 1.16 bits per heavy atom. The fourth-order valence-electron chi connectivity index (χ4n) is 1.89. The lowest BCUT2D eigenvalue weighted by Gasteiger charge is -2.06. The Kier molecular flexibility index (Phi) is 3.90. The van der Waals surface area contributed by atoms with E-state index in [0.717, 1.165) is 12.0 Å². The van der Waals surface area contributed by atoms with Crippen LogP contribution in [0.4, 0.5) is 0 Å². The molecule has 19 heavy (non-hydrogen) atoms. The van der Waals surface area contributed by atoms with Crippen LogP contribution in [0.3, 0.4) is 0 Å². The predicted molar refractivity (Wildman–Crippen MR) is 73.2 cm³/mol. The van der Waals surface area contributed by atoms with Crippen molar-refractivity contribution in [2.75, 3.05) is 0 Å². The minimum Gasteiger partial charge on any atom is -0.478 e. The minimum absolute atomic E-state index is 0.177. The number of carbonyl (C=O) groups is 1. The van der Waals surface area contributed by atoms with E-state index in [1.165, 1.54) is 11.8 Å². The molecule has 2 rings (SSSR count). The molecule has 98 valence electrons. The number of rotatable bonds is 4. The predicted octanol–water partition coefficient (Wildman–Crippen LogP) is 2.97. The molecule has 0 unspecified atom stereocenters. The number of carboxylic acid groups (broad SMARTS) is 1. The molecule has 0 aliphatic carbocycles. The standard InChI is InChI=1S/C15H16N2O2/c1-3-10-5-7-11(8-6-10)14-16-9-12(15(18)19)13(4-2)17-14/h5-9H,3-4H2,1-2H3,(H,18,19). The van der Waals surface area contributed by atoms with Gasteiger partial charge in [-0.1, -0.05) is 38.1 Å². The summed E-state index contributed by atoms with van der Waals surface area (Å²) in [6.07, 6.45) is 2.95. The second-order valence-corrected chi connectivity index (χ2v) is 4.26. The van der Waals surface area contributed by atoms with Crippen LogP contribution >= 0.6 is 0 Å². The molecule has 0 spiro atoms. The molecule has 0 radical (unpaired) electrons. The number of hydrogen-bond acceptors (Lipinski definition) is 3. The fourth-order valence-corrected chi connectivity index (χ4v) is 1.89. The second kappa shape index (κ2) is 5.61. The van der Waals surface area contributed by atoms with Crippen LogP contribution in [0.25, 0.3) is 11.4 Å². The lowest BCUT2D eigenvalue weighted by molar-refractivity contribution is 0.0694. The lowest BCUT2D eigenvalue weighted by atomic mass is 10.1. The van der Waals surface area contributed by atoms with Crippen molar-refractivity contribution in [1.29, 1.82) is 0 Å². The fraction of sp³-hybridized carbons (Fsp3) is 0.267. The van der Waals surface area contributed by atoms with Gasteiger partial charge in [0, 0.05) is 11.8 Å². The number of nitrogens with zero attached hydrogens (tertiary/aromatic N) is 2. The molecule has 1 aromatic carbocycles. The molecule has 2 aromatic rings. The maximum atomic E-state index is 11.0. The average Bonchev–Trinajstić information content (AvgIpc) is 2.46. The summed E-state index contributed by atoms with van der Waals surface area (Å²) in [4.78, 5) is 19.5. The van der Waals surface area contributed by atoms with E-state index in [2.05, 4.69) is 16.9 Å². The van der Waals surface area contributed by atoms with Crippen molar-refractivity contribution in [2.45, 2.75) is 26.7 Å². The monoisotopic (exact) mass is 256 g/mol. The zero-order valence-corrected chi connectivity index (χ0v) is 11.1. The summed E-state index contributed by atoms with van der Waals surface area (Å²) < 4.78 is 0. The highest BCUT2D eigenvalue weighted by Crippen LogP contribution is 2.18. The van der Waals surface area contributed by atoms with Gasteiger partial charge in [-0.2, -0.15) is 0 Å². The SMILES string of the molecule is CCc1ccc(-c2ncc(C(=O)O)c(CC)n2)cc1. The Labute approximate surface area is 112 Å². The Balaban J connectivity index is 2.42. The number of aromatic carboxylic acids is 1. The van der Waals surface area contributed by atoms with Crippen molar-refractivity contribution >= 4 is 5.97 Å². The highest BCUT2D eigenvalue weighted by Gasteiger charge is 2.12. The van der Waals surface area contributed by atoms with E-state index in [1.54, 1.807) is 0 Å². The van der Waals surface area contributed by atoms with Gasteiger partial charge in [0.2, 0.25) is 0 Å². The minimum atomic E-state index is -0.982. The summed E-state index contributed by atoms with van der Waals surface area (Å²) in [6, 6.07) is 8.01. The summed E-state index contributed by atoms with van der Waals surface area (Å²) in [7, 11) is 0. The molecule has 0 saturated heterocycles. The van der Waals surface area contributed by atoms with E-state index in [4.69, 9.17) is 5.11 Å². The molecular weight excluding hydrogens is 240 g/mol. The average molecular weight is 256 g/mol. The lowest BCUT2D eigenvalue weighted by Crippen LogP contribution is -2.06. The van der Waals surface area contributed by atoms with Crippen LogP contribution in [0.5, 0.6) is 0 Å². The van der Waals surface area contributed by atoms with Gasteiger partial charge in [0.1, 0.15) is 0 Å². The summed E-state index contributed by atoms with van der Waals surface area (Å²) in [6.45, 7) is 3.99. The van der Waals surface area contributed by atoms with Gasteiger partial charge in [0.05, 0.1) is 11.3 Å².